The Balaban J connectivity index is 1.75. The van der Waals surface area contributed by atoms with Gasteiger partial charge in [0.25, 0.3) is 0 Å². The molecule has 2 rings (SSSR count). The third-order valence-corrected chi connectivity index (χ3v) is 4.97. The van der Waals surface area contributed by atoms with Gasteiger partial charge in [0, 0.05) is 23.5 Å². The van der Waals surface area contributed by atoms with Gasteiger partial charge < -0.3 is 5.73 Å². The van der Waals surface area contributed by atoms with Crippen LogP contribution in [0.1, 0.15) is 56.1 Å². The summed E-state index contributed by atoms with van der Waals surface area (Å²) in [6.07, 6.45) is 8.62. The van der Waals surface area contributed by atoms with Crippen LogP contribution in [0.2, 0.25) is 0 Å². The van der Waals surface area contributed by atoms with Gasteiger partial charge in [-0.15, -0.1) is 11.3 Å². The Hall–Kier alpha value is -1.13. The van der Waals surface area contributed by atoms with Gasteiger partial charge in [-0.05, 0) is 49.6 Å². The lowest BCUT2D eigenvalue weighted by atomic mass is 10.1. The minimum atomic E-state index is 0.218. The molecule has 0 amide bonds. The van der Waals surface area contributed by atoms with Crippen LogP contribution >= 0.6 is 11.3 Å². The summed E-state index contributed by atoms with van der Waals surface area (Å²) in [6, 6.07) is 7.18. The van der Waals surface area contributed by atoms with Crippen molar-refractivity contribution in [2.75, 3.05) is 0 Å². The van der Waals surface area contributed by atoms with Gasteiger partial charge in [-0.3, -0.25) is 4.68 Å². The van der Waals surface area contributed by atoms with Crippen molar-refractivity contribution in [3.63, 3.8) is 0 Å². The number of nitrogens with zero attached hydrogens (tertiary/aromatic N) is 2. The Morgan fingerprint density at radius 1 is 1.29 bits per heavy atom. The lowest BCUT2D eigenvalue weighted by Gasteiger charge is -2.13. The molecule has 0 bridgehead atoms. The highest BCUT2D eigenvalue weighted by atomic mass is 32.1. The van der Waals surface area contributed by atoms with Gasteiger partial charge >= 0.3 is 0 Å². The van der Waals surface area contributed by atoms with E-state index >= 15 is 0 Å². The van der Waals surface area contributed by atoms with Crippen LogP contribution in [-0.4, -0.2) is 15.8 Å². The molecular formula is C17H27N3S. The molecule has 4 heteroatoms. The fourth-order valence-corrected chi connectivity index (χ4v) is 3.47. The molecule has 1 unspecified atom stereocenters. The summed E-state index contributed by atoms with van der Waals surface area (Å²) in [4.78, 5) is 1.46. The first-order valence-corrected chi connectivity index (χ1v) is 8.92. The van der Waals surface area contributed by atoms with Crippen LogP contribution in [0.25, 0.3) is 0 Å². The standard InChI is InChI=1S/C17H27N3S/c1-3-16(4-2)20-11-10-15(19-20)13-14(18)7-5-8-17-9-6-12-21-17/h6,9-12,14,16H,3-5,7-8,13,18H2,1-2H3. The number of hydrogen-bond donors (Lipinski definition) is 1. The average molecular weight is 305 g/mol. The van der Waals surface area contributed by atoms with Crippen molar-refractivity contribution in [3.8, 4) is 0 Å². The molecule has 2 N–H and O–H groups in total. The summed E-state index contributed by atoms with van der Waals surface area (Å²) in [5, 5.41) is 6.83. The SMILES string of the molecule is CCC(CC)n1ccc(CC(N)CCCc2cccs2)n1. The second kappa shape index (κ2) is 8.35. The molecule has 1 atom stereocenters. The van der Waals surface area contributed by atoms with Gasteiger partial charge in [0.2, 0.25) is 0 Å². The predicted octanol–water partition coefficient (Wildman–Crippen LogP) is 4.20. The smallest absolute Gasteiger partial charge is 0.0640 e. The molecule has 116 valence electrons. The van der Waals surface area contributed by atoms with Gasteiger partial charge in [-0.25, -0.2) is 0 Å². The largest absolute Gasteiger partial charge is 0.327 e. The second-order valence-electron chi connectivity index (χ2n) is 5.69. The number of aromatic nitrogens is 2. The quantitative estimate of drug-likeness (QED) is 0.754. The molecule has 2 aromatic heterocycles. The van der Waals surface area contributed by atoms with Crippen molar-refractivity contribution in [1.82, 2.24) is 9.78 Å². The molecule has 0 saturated heterocycles. The maximum absolute atomic E-state index is 6.25. The van der Waals surface area contributed by atoms with E-state index in [1.54, 1.807) is 0 Å². The highest BCUT2D eigenvalue weighted by molar-refractivity contribution is 7.09. The number of aryl methyl sites for hydroxylation is 1. The first kappa shape index (κ1) is 16.2. The molecule has 0 spiro atoms. The van der Waals surface area contributed by atoms with E-state index in [-0.39, 0.29) is 6.04 Å². The number of thiophene rings is 1. The third-order valence-electron chi connectivity index (χ3n) is 4.03. The lowest BCUT2D eigenvalue weighted by molar-refractivity contribution is 0.423. The minimum absolute atomic E-state index is 0.218. The topological polar surface area (TPSA) is 43.8 Å². The highest BCUT2D eigenvalue weighted by Crippen LogP contribution is 2.16. The fraction of sp³-hybridized carbons (Fsp3) is 0.588. The van der Waals surface area contributed by atoms with E-state index in [9.17, 15) is 0 Å². The summed E-state index contributed by atoms with van der Waals surface area (Å²) in [5.74, 6) is 0. The second-order valence-corrected chi connectivity index (χ2v) is 6.73. The fourth-order valence-electron chi connectivity index (χ4n) is 2.72. The van der Waals surface area contributed by atoms with Gasteiger partial charge in [0.15, 0.2) is 0 Å². The molecule has 0 radical (unpaired) electrons. The van der Waals surface area contributed by atoms with Crippen molar-refractivity contribution in [2.24, 2.45) is 5.73 Å². The molecule has 0 aliphatic heterocycles. The van der Waals surface area contributed by atoms with Crippen LogP contribution in [0.3, 0.4) is 0 Å². The molecule has 0 aromatic carbocycles. The summed E-state index contributed by atoms with van der Waals surface area (Å²) < 4.78 is 2.10. The van der Waals surface area contributed by atoms with Crippen LogP contribution in [0, 0.1) is 0 Å². The Morgan fingerprint density at radius 2 is 2.10 bits per heavy atom. The molecule has 0 saturated carbocycles. The van der Waals surface area contributed by atoms with Crippen LogP contribution < -0.4 is 5.73 Å². The van der Waals surface area contributed by atoms with Crippen LogP contribution in [-0.2, 0) is 12.8 Å². The number of hydrogen-bond acceptors (Lipinski definition) is 3. The van der Waals surface area contributed by atoms with Crippen molar-refractivity contribution in [2.45, 2.75) is 64.5 Å². The van der Waals surface area contributed by atoms with E-state index in [4.69, 9.17) is 5.73 Å². The summed E-state index contributed by atoms with van der Waals surface area (Å²) in [6.45, 7) is 4.43. The van der Waals surface area contributed by atoms with Crippen LogP contribution in [0.5, 0.6) is 0 Å². The van der Waals surface area contributed by atoms with Crippen molar-refractivity contribution in [1.29, 1.82) is 0 Å². The van der Waals surface area contributed by atoms with Crippen LogP contribution in [0.4, 0.5) is 0 Å². The van der Waals surface area contributed by atoms with Crippen molar-refractivity contribution in [3.05, 3.63) is 40.3 Å². The Kier molecular flexibility index (Phi) is 6.46. The molecule has 2 heterocycles. The summed E-state index contributed by atoms with van der Waals surface area (Å²) >= 11 is 1.83. The summed E-state index contributed by atoms with van der Waals surface area (Å²) in [7, 11) is 0. The molecule has 0 aliphatic carbocycles. The third kappa shape index (κ3) is 4.97. The van der Waals surface area contributed by atoms with Gasteiger partial charge in [-0.1, -0.05) is 19.9 Å². The molecule has 2 aromatic rings. The molecule has 3 nitrogen and oxygen atoms in total. The normalized spacial score (nSPS) is 13.0. The van der Waals surface area contributed by atoms with E-state index in [2.05, 4.69) is 53.4 Å². The molecular weight excluding hydrogens is 278 g/mol. The number of nitrogens with two attached hydrogens (primary N) is 1. The molecule has 21 heavy (non-hydrogen) atoms. The van der Waals surface area contributed by atoms with E-state index in [0.29, 0.717) is 6.04 Å². The van der Waals surface area contributed by atoms with E-state index in [0.717, 1.165) is 44.2 Å². The van der Waals surface area contributed by atoms with Gasteiger partial charge in [0.05, 0.1) is 11.7 Å². The molecule has 0 aliphatic rings. The van der Waals surface area contributed by atoms with Gasteiger partial charge in [-0.2, -0.15) is 5.10 Å². The first-order chi connectivity index (χ1) is 10.2. The summed E-state index contributed by atoms with van der Waals surface area (Å²) in [5.41, 5.74) is 7.38. The number of rotatable bonds is 9. The monoisotopic (exact) mass is 305 g/mol. The average Bonchev–Trinajstić information content (AvgIpc) is 3.12. The Bertz CT molecular complexity index is 500. The zero-order chi connectivity index (χ0) is 15.1. The zero-order valence-electron chi connectivity index (χ0n) is 13.2. The highest BCUT2D eigenvalue weighted by Gasteiger charge is 2.10. The maximum atomic E-state index is 6.25. The first-order valence-electron chi connectivity index (χ1n) is 8.04. The van der Waals surface area contributed by atoms with Gasteiger partial charge in [0.1, 0.15) is 0 Å². The predicted molar refractivity (Wildman–Crippen MR) is 90.8 cm³/mol. The van der Waals surface area contributed by atoms with Crippen LogP contribution in [0.15, 0.2) is 29.8 Å². The van der Waals surface area contributed by atoms with E-state index in [1.807, 2.05) is 11.3 Å². The Morgan fingerprint density at radius 3 is 2.76 bits per heavy atom. The van der Waals surface area contributed by atoms with E-state index in [1.165, 1.54) is 4.88 Å². The zero-order valence-corrected chi connectivity index (χ0v) is 14.0. The molecule has 0 fully saturated rings. The van der Waals surface area contributed by atoms with E-state index < -0.39 is 0 Å². The maximum Gasteiger partial charge on any atom is 0.0640 e. The minimum Gasteiger partial charge on any atom is -0.327 e. The van der Waals surface area contributed by atoms with Crippen molar-refractivity contribution < 1.29 is 0 Å². The Labute approximate surface area is 132 Å². The van der Waals surface area contributed by atoms with Crippen molar-refractivity contribution >= 4 is 11.3 Å². The lowest BCUT2D eigenvalue weighted by Crippen LogP contribution is -2.23.